The van der Waals surface area contributed by atoms with Gasteiger partial charge in [-0.25, -0.2) is 18.4 Å². The maximum Gasteiger partial charge on any atom is 0.415 e. The number of halogens is 3. The fraction of sp³-hybridized carbons (Fsp3) is 0.250. The number of anilines is 1. The Hall–Kier alpha value is -3.60. The number of esters is 1. The number of amides is 1. The molecule has 0 saturated carbocycles. The van der Waals surface area contributed by atoms with Crippen LogP contribution < -0.4 is 4.90 Å². The molecule has 0 unspecified atom stereocenters. The first-order chi connectivity index (χ1) is 15.4. The molecule has 0 aliphatic carbocycles. The summed E-state index contributed by atoms with van der Waals surface area (Å²) < 4.78 is 38.3. The Morgan fingerprint density at radius 2 is 1.88 bits per heavy atom. The Balaban J connectivity index is 1.70. The Bertz CT molecular complexity index is 1140. The van der Waals surface area contributed by atoms with Crippen LogP contribution in [0, 0.1) is 11.6 Å². The van der Waals surface area contributed by atoms with Crippen LogP contribution in [0.4, 0.5) is 19.3 Å². The lowest BCUT2D eigenvalue weighted by Gasteiger charge is -2.25. The normalized spacial score (nSPS) is 18.0. The molecule has 4 rings (SSSR count). The van der Waals surface area contributed by atoms with Gasteiger partial charge in [-0.1, -0.05) is 11.6 Å². The van der Waals surface area contributed by atoms with Gasteiger partial charge in [0.05, 0.1) is 6.61 Å². The van der Waals surface area contributed by atoms with Gasteiger partial charge < -0.3 is 9.47 Å². The molecule has 0 radical (unpaired) electrons. The third-order valence-corrected chi connectivity index (χ3v) is 4.92. The molecule has 166 valence electrons. The molecule has 1 saturated heterocycles. The number of aromatic nitrogens is 4. The third kappa shape index (κ3) is 4.37. The summed E-state index contributed by atoms with van der Waals surface area (Å²) in [6.07, 6.45) is -1.69. The molecule has 0 spiro atoms. The Labute approximate surface area is 185 Å². The fourth-order valence-electron chi connectivity index (χ4n) is 3.40. The van der Waals surface area contributed by atoms with E-state index < -0.39 is 35.8 Å². The summed E-state index contributed by atoms with van der Waals surface area (Å²) in [7, 11) is 0. The summed E-state index contributed by atoms with van der Waals surface area (Å²) >= 11 is 5.94. The molecule has 2 aromatic carbocycles. The molecular weight excluding hydrogens is 448 g/mol. The molecule has 1 aliphatic heterocycles. The van der Waals surface area contributed by atoms with Crippen LogP contribution in [-0.4, -0.2) is 45.0 Å². The molecular formula is C20H16ClF2N5O4. The number of tetrazole rings is 1. The second-order valence-electron chi connectivity index (χ2n) is 6.80. The van der Waals surface area contributed by atoms with E-state index in [2.05, 4.69) is 15.4 Å². The first-order valence-electron chi connectivity index (χ1n) is 9.52. The van der Waals surface area contributed by atoms with Gasteiger partial charge in [0.1, 0.15) is 30.3 Å². The van der Waals surface area contributed by atoms with Crippen LogP contribution in [0.5, 0.6) is 0 Å². The monoisotopic (exact) mass is 463 g/mol. The summed E-state index contributed by atoms with van der Waals surface area (Å²) in [5.41, 5.74) is 0.578. The van der Waals surface area contributed by atoms with Crippen molar-refractivity contribution in [1.29, 1.82) is 0 Å². The van der Waals surface area contributed by atoms with Gasteiger partial charge in [0.2, 0.25) is 0 Å². The van der Waals surface area contributed by atoms with E-state index in [9.17, 15) is 18.4 Å². The molecule has 1 fully saturated rings. The average Bonchev–Trinajstić information content (AvgIpc) is 3.33. The van der Waals surface area contributed by atoms with Gasteiger partial charge >= 0.3 is 12.1 Å². The molecule has 9 nitrogen and oxygen atoms in total. The quantitative estimate of drug-likeness (QED) is 0.515. The minimum atomic E-state index is -0.955. The van der Waals surface area contributed by atoms with E-state index in [0.717, 1.165) is 23.0 Å². The van der Waals surface area contributed by atoms with Crippen molar-refractivity contribution in [2.75, 3.05) is 11.5 Å². The van der Waals surface area contributed by atoms with Crippen molar-refractivity contribution < 1.29 is 27.8 Å². The van der Waals surface area contributed by atoms with Crippen molar-refractivity contribution in [1.82, 2.24) is 20.2 Å². The van der Waals surface area contributed by atoms with Crippen molar-refractivity contribution in [3.63, 3.8) is 0 Å². The highest BCUT2D eigenvalue weighted by Crippen LogP contribution is 2.38. The number of cyclic esters (lactones) is 1. The largest absolute Gasteiger partial charge is 0.460 e. The van der Waals surface area contributed by atoms with Crippen LogP contribution in [0.15, 0.2) is 42.5 Å². The number of carbonyl (C=O) groups is 2. The summed E-state index contributed by atoms with van der Waals surface area (Å²) in [5.74, 6) is -2.64. The van der Waals surface area contributed by atoms with Crippen molar-refractivity contribution in [3.05, 3.63) is 70.5 Å². The van der Waals surface area contributed by atoms with Crippen molar-refractivity contribution in [2.24, 2.45) is 0 Å². The predicted molar refractivity (Wildman–Crippen MR) is 107 cm³/mol. The SMILES string of the molecule is CCOC(=O)c1nnn(C[C@@H]2OC(=O)N(c3ccc(Cl)cc3)[C@H]2c2cc(F)cc(F)c2)n1. The van der Waals surface area contributed by atoms with E-state index in [1.807, 2.05) is 0 Å². The van der Waals surface area contributed by atoms with Crippen LogP contribution in [0.1, 0.15) is 29.1 Å². The number of carbonyl (C=O) groups excluding carboxylic acids is 2. The van der Waals surface area contributed by atoms with Crippen LogP contribution in [0.3, 0.4) is 0 Å². The second-order valence-corrected chi connectivity index (χ2v) is 7.24. The van der Waals surface area contributed by atoms with Gasteiger partial charge in [0.25, 0.3) is 5.82 Å². The van der Waals surface area contributed by atoms with E-state index in [1.54, 1.807) is 31.2 Å². The molecule has 0 N–H and O–H groups in total. The molecule has 1 aromatic heterocycles. The van der Waals surface area contributed by atoms with Gasteiger partial charge in [0.15, 0.2) is 0 Å². The predicted octanol–water partition coefficient (Wildman–Crippen LogP) is 3.55. The molecule has 12 heteroatoms. The first kappa shape index (κ1) is 21.6. The van der Waals surface area contributed by atoms with E-state index in [-0.39, 0.29) is 24.5 Å². The molecule has 2 atom stereocenters. The number of hydrogen-bond acceptors (Lipinski definition) is 7. The average molecular weight is 464 g/mol. The molecule has 1 aliphatic rings. The molecule has 32 heavy (non-hydrogen) atoms. The molecule has 1 amide bonds. The van der Waals surface area contributed by atoms with Crippen molar-refractivity contribution in [3.8, 4) is 0 Å². The maximum atomic E-state index is 14.0. The number of benzene rings is 2. The molecule has 3 aromatic rings. The lowest BCUT2D eigenvalue weighted by atomic mass is 9.99. The fourth-order valence-corrected chi connectivity index (χ4v) is 3.53. The zero-order valence-corrected chi connectivity index (χ0v) is 17.4. The number of nitrogens with zero attached hydrogens (tertiary/aromatic N) is 5. The topological polar surface area (TPSA) is 99.4 Å². The van der Waals surface area contributed by atoms with E-state index in [0.29, 0.717) is 10.7 Å². The Morgan fingerprint density at radius 1 is 1.19 bits per heavy atom. The number of hydrogen-bond donors (Lipinski definition) is 0. The summed E-state index contributed by atoms with van der Waals surface area (Å²) in [6.45, 7) is 1.64. The zero-order chi connectivity index (χ0) is 22.8. The lowest BCUT2D eigenvalue weighted by Crippen LogP contribution is -2.31. The highest BCUT2D eigenvalue weighted by atomic mass is 35.5. The molecule has 0 bridgehead atoms. The highest BCUT2D eigenvalue weighted by Gasteiger charge is 2.44. The lowest BCUT2D eigenvalue weighted by molar-refractivity contribution is 0.0510. The van der Waals surface area contributed by atoms with Gasteiger partial charge in [0, 0.05) is 16.8 Å². The van der Waals surface area contributed by atoms with Crippen molar-refractivity contribution >= 4 is 29.4 Å². The highest BCUT2D eigenvalue weighted by molar-refractivity contribution is 6.30. The standard InChI is InChI=1S/C20H16ClF2N5O4/c1-2-31-19(29)18-24-26-27(25-18)10-16-17(11-7-13(22)9-14(23)8-11)28(20(30)32-16)15-5-3-12(21)4-6-15/h3-9,16-17H,2,10H2,1H3/t16-,17-/m0/s1. The zero-order valence-electron chi connectivity index (χ0n) is 16.6. The third-order valence-electron chi connectivity index (χ3n) is 4.66. The van der Waals surface area contributed by atoms with Gasteiger partial charge in [-0.3, -0.25) is 4.90 Å². The first-order valence-corrected chi connectivity index (χ1v) is 9.90. The van der Waals surface area contributed by atoms with Gasteiger partial charge in [-0.05, 0) is 54.1 Å². The van der Waals surface area contributed by atoms with Crippen LogP contribution in [-0.2, 0) is 16.0 Å². The van der Waals surface area contributed by atoms with Crippen LogP contribution >= 0.6 is 11.6 Å². The van der Waals surface area contributed by atoms with E-state index in [1.165, 1.54) is 4.90 Å². The van der Waals surface area contributed by atoms with Crippen LogP contribution in [0.2, 0.25) is 5.02 Å². The smallest absolute Gasteiger partial charge is 0.415 e. The summed E-state index contributed by atoms with van der Waals surface area (Å²) in [5, 5.41) is 11.8. The minimum Gasteiger partial charge on any atom is -0.460 e. The van der Waals surface area contributed by atoms with Gasteiger partial charge in [-0.2, -0.15) is 4.80 Å². The van der Waals surface area contributed by atoms with E-state index >= 15 is 0 Å². The summed E-state index contributed by atoms with van der Waals surface area (Å²) in [4.78, 5) is 26.9. The second kappa shape index (κ2) is 8.87. The van der Waals surface area contributed by atoms with E-state index in [4.69, 9.17) is 21.1 Å². The Morgan fingerprint density at radius 3 is 2.53 bits per heavy atom. The number of ether oxygens (including phenoxy) is 2. The number of rotatable bonds is 6. The maximum absolute atomic E-state index is 14.0. The van der Waals surface area contributed by atoms with Crippen molar-refractivity contribution in [2.45, 2.75) is 25.6 Å². The Kier molecular flexibility index (Phi) is 5.99. The molecule has 2 heterocycles. The van der Waals surface area contributed by atoms with Crippen LogP contribution in [0.25, 0.3) is 0 Å². The van der Waals surface area contributed by atoms with Gasteiger partial charge in [-0.15, -0.1) is 10.2 Å². The minimum absolute atomic E-state index is 0.134. The summed E-state index contributed by atoms with van der Waals surface area (Å²) in [6, 6.07) is 8.35.